The second-order valence-electron chi connectivity index (χ2n) is 2.86. The van der Waals surface area contributed by atoms with Crippen molar-refractivity contribution >= 4 is 0 Å². The highest BCUT2D eigenvalue weighted by atomic mass is 16.6. The molecule has 0 spiro atoms. The summed E-state index contributed by atoms with van der Waals surface area (Å²) in [6, 6.07) is 0. The van der Waals surface area contributed by atoms with Crippen molar-refractivity contribution in [2.45, 2.75) is 31.0 Å². The Kier molecular flexibility index (Phi) is 3.47. The molecule has 7 heteroatoms. The third-order valence-electron chi connectivity index (χ3n) is 1.87. The van der Waals surface area contributed by atoms with Crippen LogP contribution in [0.25, 0.3) is 10.4 Å². The predicted octanol–water partition coefficient (Wildman–Crippen LogP) is -0.874. The molecule has 7 nitrogen and oxygen atoms in total. The fraction of sp³-hybridized carbons (Fsp3) is 1.00. The molecule has 1 rings (SSSR count). The molecule has 0 bridgehead atoms. The van der Waals surface area contributed by atoms with Crippen LogP contribution in [0.15, 0.2) is 5.11 Å². The lowest BCUT2D eigenvalue weighted by atomic mass is 10.0. The zero-order valence-electron chi connectivity index (χ0n) is 6.82. The van der Waals surface area contributed by atoms with E-state index in [1.807, 2.05) is 0 Å². The maximum Gasteiger partial charge on any atom is 0.183 e. The normalized spacial score (nSPS) is 39.6. The van der Waals surface area contributed by atoms with Gasteiger partial charge in [-0.05, 0) is 5.53 Å². The molecule has 0 saturated carbocycles. The van der Waals surface area contributed by atoms with Gasteiger partial charge in [-0.3, -0.25) is 0 Å². The van der Waals surface area contributed by atoms with E-state index in [0.717, 1.165) is 0 Å². The van der Waals surface area contributed by atoms with Gasteiger partial charge in [-0.2, -0.15) is 0 Å². The fourth-order valence-electron chi connectivity index (χ4n) is 1.18. The molecule has 1 aliphatic rings. The van der Waals surface area contributed by atoms with Gasteiger partial charge in [-0.25, -0.2) is 0 Å². The standard InChI is InChI=1S/C6H11N3O4/c7-9-8-2-3-1-4(10)5(11)6(12)13-3/h3-6,10-12H,1-2H2/t3?,4-,5?,6-/m0/s1. The molecule has 1 aliphatic heterocycles. The number of azide groups is 1. The van der Waals surface area contributed by atoms with Crippen molar-refractivity contribution in [3.63, 3.8) is 0 Å². The minimum Gasteiger partial charge on any atom is -0.390 e. The summed E-state index contributed by atoms with van der Waals surface area (Å²) in [6.45, 7) is 0.0390. The van der Waals surface area contributed by atoms with Crippen molar-refractivity contribution in [1.29, 1.82) is 0 Å². The molecule has 4 atom stereocenters. The molecule has 0 aromatic heterocycles. The highest BCUT2D eigenvalue weighted by Gasteiger charge is 2.34. The zero-order chi connectivity index (χ0) is 9.84. The number of nitrogens with zero attached hydrogens (tertiary/aromatic N) is 3. The SMILES string of the molecule is [N-]=[N+]=NCC1C[C@H](O)C(O)[C@@H](O)O1. The Balaban J connectivity index is 2.48. The largest absolute Gasteiger partial charge is 0.390 e. The maximum atomic E-state index is 9.19. The molecule has 0 aromatic carbocycles. The summed E-state index contributed by atoms with van der Waals surface area (Å²) < 4.78 is 4.85. The van der Waals surface area contributed by atoms with E-state index >= 15 is 0 Å². The monoisotopic (exact) mass is 189 g/mol. The lowest BCUT2D eigenvalue weighted by Crippen LogP contribution is -2.48. The number of aliphatic hydroxyl groups excluding tert-OH is 3. The molecule has 74 valence electrons. The quantitative estimate of drug-likeness (QED) is 0.297. The topological polar surface area (TPSA) is 119 Å². The summed E-state index contributed by atoms with van der Waals surface area (Å²) in [4.78, 5) is 2.52. The summed E-state index contributed by atoms with van der Waals surface area (Å²) in [5.41, 5.74) is 8.01. The van der Waals surface area contributed by atoms with Crippen LogP contribution >= 0.6 is 0 Å². The smallest absolute Gasteiger partial charge is 0.183 e. The number of rotatable bonds is 2. The molecule has 1 fully saturated rings. The predicted molar refractivity (Wildman–Crippen MR) is 41.5 cm³/mol. The summed E-state index contributed by atoms with van der Waals surface area (Å²) >= 11 is 0. The third kappa shape index (κ3) is 2.55. The first-order valence-corrected chi connectivity index (χ1v) is 3.85. The van der Waals surface area contributed by atoms with Crippen molar-refractivity contribution in [2.75, 3.05) is 6.54 Å². The van der Waals surface area contributed by atoms with Gasteiger partial charge in [0.1, 0.15) is 6.10 Å². The summed E-state index contributed by atoms with van der Waals surface area (Å²) in [7, 11) is 0. The first-order chi connectivity index (χ1) is 6.15. The van der Waals surface area contributed by atoms with Gasteiger partial charge in [0.2, 0.25) is 0 Å². The van der Waals surface area contributed by atoms with Crippen molar-refractivity contribution in [2.24, 2.45) is 5.11 Å². The number of aliphatic hydroxyl groups is 3. The summed E-state index contributed by atoms with van der Waals surface area (Å²) in [5, 5.41) is 30.5. The van der Waals surface area contributed by atoms with E-state index in [1.54, 1.807) is 0 Å². The van der Waals surface area contributed by atoms with Gasteiger partial charge in [0, 0.05) is 11.3 Å². The second-order valence-corrected chi connectivity index (χ2v) is 2.86. The van der Waals surface area contributed by atoms with Gasteiger partial charge >= 0.3 is 0 Å². The molecule has 2 unspecified atom stereocenters. The van der Waals surface area contributed by atoms with E-state index in [0.29, 0.717) is 0 Å². The number of hydrogen-bond donors (Lipinski definition) is 3. The van der Waals surface area contributed by atoms with Crippen LogP contribution in [0.1, 0.15) is 6.42 Å². The van der Waals surface area contributed by atoms with E-state index in [4.69, 9.17) is 20.5 Å². The van der Waals surface area contributed by atoms with Crippen molar-refractivity contribution in [1.82, 2.24) is 0 Å². The Hall–Kier alpha value is -0.850. The van der Waals surface area contributed by atoms with Crippen LogP contribution in [0, 0.1) is 0 Å². The average molecular weight is 189 g/mol. The van der Waals surface area contributed by atoms with Crippen LogP contribution in [-0.2, 0) is 4.74 Å². The first-order valence-electron chi connectivity index (χ1n) is 3.85. The summed E-state index contributed by atoms with van der Waals surface area (Å²) in [5.74, 6) is 0. The molecular weight excluding hydrogens is 178 g/mol. The minimum atomic E-state index is -1.41. The van der Waals surface area contributed by atoms with Crippen LogP contribution in [0.2, 0.25) is 0 Å². The Morgan fingerprint density at radius 3 is 2.69 bits per heavy atom. The van der Waals surface area contributed by atoms with Gasteiger partial charge in [0.25, 0.3) is 0 Å². The molecule has 0 aromatic rings. The Bertz CT molecular complexity index is 206. The third-order valence-corrected chi connectivity index (χ3v) is 1.87. The van der Waals surface area contributed by atoms with E-state index in [2.05, 4.69) is 10.0 Å². The van der Waals surface area contributed by atoms with Crippen molar-refractivity contribution in [3.05, 3.63) is 10.4 Å². The van der Waals surface area contributed by atoms with E-state index in [1.165, 1.54) is 0 Å². The van der Waals surface area contributed by atoms with Crippen LogP contribution in [0.5, 0.6) is 0 Å². The molecule has 1 saturated heterocycles. The van der Waals surface area contributed by atoms with E-state index < -0.39 is 24.6 Å². The van der Waals surface area contributed by atoms with Crippen LogP contribution in [-0.4, -0.2) is 46.5 Å². The molecule has 0 amide bonds. The second kappa shape index (κ2) is 4.40. The lowest BCUT2D eigenvalue weighted by molar-refractivity contribution is -0.244. The van der Waals surface area contributed by atoms with Gasteiger partial charge in [0.15, 0.2) is 6.29 Å². The van der Waals surface area contributed by atoms with Crippen LogP contribution in [0.4, 0.5) is 0 Å². The molecule has 1 heterocycles. The molecule has 13 heavy (non-hydrogen) atoms. The lowest BCUT2D eigenvalue weighted by Gasteiger charge is -2.33. The van der Waals surface area contributed by atoms with Gasteiger partial charge in [-0.1, -0.05) is 5.11 Å². The van der Waals surface area contributed by atoms with Crippen LogP contribution in [0.3, 0.4) is 0 Å². The van der Waals surface area contributed by atoms with Gasteiger partial charge in [-0.15, -0.1) is 0 Å². The highest BCUT2D eigenvalue weighted by Crippen LogP contribution is 2.18. The zero-order valence-corrected chi connectivity index (χ0v) is 6.82. The molecule has 3 N–H and O–H groups in total. The Morgan fingerprint density at radius 1 is 1.46 bits per heavy atom. The molecule has 0 aliphatic carbocycles. The van der Waals surface area contributed by atoms with Crippen LogP contribution < -0.4 is 0 Å². The fourth-order valence-corrected chi connectivity index (χ4v) is 1.18. The van der Waals surface area contributed by atoms with E-state index in [9.17, 15) is 5.11 Å². The average Bonchev–Trinajstić information content (AvgIpc) is 2.10. The van der Waals surface area contributed by atoms with Gasteiger partial charge < -0.3 is 20.1 Å². The van der Waals surface area contributed by atoms with Gasteiger partial charge in [0.05, 0.1) is 18.8 Å². The maximum absolute atomic E-state index is 9.19. The number of hydrogen-bond acceptors (Lipinski definition) is 5. The highest BCUT2D eigenvalue weighted by molar-refractivity contribution is 4.81. The van der Waals surface area contributed by atoms with Crippen molar-refractivity contribution < 1.29 is 20.1 Å². The summed E-state index contributed by atoms with van der Waals surface area (Å²) in [6.07, 6.45) is -4.13. The Labute approximate surface area is 74.2 Å². The first kappa shape index (κ1) is 10.2. The van der Waals surface area contributed by atoms with E-state index in [-0.39, 0.29) is 13.0 Å². The van der Waals surface area contributed by atoms with Crippen molar-refractivity contribution in [3.8, 4) is 0 Å². The Morgan fingerprint density at radius 2 is 2.15 bits per heavy atom. The number of ether oxygens (including phenoxy) is 1. The molecule has 0 radical (unpaired) electrons. The molecular formula is C6H11N3O4. The minimum absolute atomic E-state index is 0.0390.